The third-order valence-corrected chi connectivity index (χ3v) is 2.38. The maximum absolute atomic E-state index is 9.25. The van der Waals surface area contributed by atoms with Crippen molar-refractivity contribution in [3.05, 3.63) is 44.3 Å². The highest BCUT2D eigenvalue weighted by Crippen LogP contribution is 2.23. The van der Waals surface area contributed by atoms with Crippen molar-refractivity contribution in [1.29, 1.82) is 0 Å². The van der Waals surface area contributed by atoms with Crippen molar-refractivity contribution < 1.29 is 9.90 Å². The molecule has 0 saturated carbocycles. The van der Waals surface area contributed by atoms with E-state index in [1.54, 1.807) is 0 Å². The first-order chi connectivity index (χ1) is 6.45. The largest absolute Gasteiger partial charge is 0.478 e. The van der Waals surface area contributed by atoms with Gasteiger partial charge >= 0.3 is 5.97 Å². The topological polar surface area (TPSA) is 37.3 Å². The van der Waals surface area contributed by atoms with Gasteiger partial charge in [0.15, 0.2) is 0 Å². The Morgan fingerprint density at radius 2 is 1.36 bits per heavy atom. The average Bonchev–Trinajstić information content (AvgIpc) is 2.02. The number of rotatable bonds is 1. The van der Waals surface area contributed by atoms with Crippen molar-refractivity contribution in [1.82, 2.24) is 0 Å². The fourth-order valence-electron chi connectivity index (χ4n) is 0.520. The minimum Gasteiger partial charge on any atom is -0.478 e. The zero-order valence-electron chi connectivity index (χ0n) is 7.01. The normalized spacial score (nSPS) is 8.50. The van der Waals surface area contributed by atoms with Gasteiger partial charge in [-0.15, -0.1) is 0 Å². The summed E-state index contributed by atoms with van der Waals surface area (Å²) in [6.45, 7) is 2.96. The van der Waals surface area contributed by atoms with Crippen molar-refractivity contribution >= 4 is 53.8 Å². The lowest BCUT2D eigenvalue weighted by molar-refractivity contribution is -0.131. The standard InChI is InChI=1S/C6H3Br3.C3H4O2/c7-4-1-5(8)3-6(9)2-4;1-2-3(4)5/h1-3H;2H,1H2,(H,4,5). The van der Waals surface area contributed by atoms with E-state index in [0.29, 0.717) is 0 Å². The molecule has 0 spiro atoms. The summed E-state index contributed by atoms with van der Waals surface area (Å²) < 4.78 is 3.22. The molecule has 0 radical (unpaired) electrons. The maximum Gasteiger partial charge on any atom is 0.327 e. The number of aliphatic carboxylic acids is 1. The number of halogens is 3. The Morgan fingerprint density at radius 3 is 1.50 bits per heavy atom. The smallest absolute Gasteiger partial charge is 0.327 e. The molecule has 0 heterocycles. The van der Waals surface area contributed by atoms with Crippen LogP contribution in [-0.2, 0) is 4.79 Å². The Hall–Kier alpha value is -0.130. The summed E-state index contributed by atoms with van der Waals surface area (Å²) in [5.41, 5.74) is 0. The van der Waals surface area contributed by atoms with E-state index >= 15 is 0 Å². The van der Waals surface area contributed by atoms with Crippen LogP contribution >= 0.6 is 47.8 Å². The van der Waals surface area contributed by atoms with Gasteiger partial charge in [0.2, 0.25) is 0 Å². The molecule has 0 fully saturated rings. The first kappa shape index (κ1) is 13.9. The summed E-state index contributed by atoms with van der Waals surface area (Å²) >= 11 is 10.1. The lowest BCUT2D eigenvalue weighted by Crippen LogP contribution is -1.82. The first-order valence-corrected chi connectivity index (χ1v) is 5.80. The number of hydrogen-bond acceptors (Lipinski definition) is 1. The summed E-state index contributed by atoms with van der Waals surface area (Å²) in [4.78, 5) is 9.25. The van der Waals surface area contributed by atoms with E-state index in [1.165, 1.54) is 0 Å². The monoisotopic (exact) mass is 384 g/mol. The number of carbonyl (C=O) groups is 1. The fourth-order valence-corrected chi connectivity index (χ4v) is 2.92. The van der Waals surface area contributed by atoms with Crippen molar-refractivity contribution in [3.63, 3.8) is 0 Å². The summed E-state index contributed by atoms with van der Waals surface area (Å²) in [6, 6.07) is 5.97. The highest BCUT2D eigenvalue weighted by atomic mass is 79.9. The van der Waals surface area contributed by atoms with Crippen LogP contribution in [0.2, 0.25) is 0 Å². The van der Waals surface area contributed by atoms with Gasteiger partial charge in [-0.3, -0.25) is 0 Å². The maximum atomic E-state index is 9.25. The second-order valence-corrected chi connectivity index (χ2v) is 4.88. The van der Waals surface area contributed by atoms with Gasteiger partial charge in [0.05, 0.1) is 0 Å². The summed E-state index contributed by atoms with van der Waals surface area (Å²) in [6.07, 6.45) is 0.833. The van der Waals surface area contributed by atoms with Gasteiger partial charge in [0, 0.05) is 19.5 Å². The van der Waals surface area contributed by atoms with Gasteiger partial charge < -0.3 is 5.11 Å². The van der Waals surface area contributed by atoms with E-state index in [2.05, 4.69) is 54.4 Å². The third-order valence-electron chi connectivity index (χ3n) is 1.00. The van der Waals surface area contributed by atoms with Crippen LogP contribution < -0.4 is 0 Å². The van der Waals surface area contributed by atoms with Crippen LogP contribution in [0, 0.1) is 0 Å². The van der Waals surface area contributed by atoms with Gasteiger partial charge in [-0.2, -0.15) is 0 Å². The summed E-state index contributed by atoms with van der Waals surface area (Å²) in [5.74, 6) is -0.981. The quantitative estimate of drug-likeness (QED) is 0.733. The molecule has 1 aromatic rings. The van der Waals surface area contributed by atoms with Crippen LogP contribution in [0.5, 0.6) is 0 Å². The molecular formula is C9H7Br3O2. The SMILES string of the molecule is Brc1cc(Br)cc(Br)c1.C=CC(=O)O. The molecule has 0 unspecified atom stereocenters. The number of benzene rings is 1. The highest BCUT2D eigenvalue weighted by Gasteiger charge is 1.91. The molecule has 0 aliphatic rings. The van der Waals surface area contributed by atoms with Crippen molar-refractivity contribution in [3.8, 4) is 0 Å². The van der Waals surface area contributed by atoms with Crippen LogP contribution in [0.15, 0.2) is 44.3 Å². The van der Waals surface area contributed by atoms with Crippen molar-refractivity contribution in [2.75, 3.05) is 0 Å². The van der Waals surface area contributed by atoms with E-state index < -0.39 is 5.97 Å². The van der Waals surface area contributed by atoms with Crippen molar-refractivity contribution in [2.24, 2.45) is 0 Å². The predicted octanol–water partition coefficient (Wildman–Crippen LogP) is 4.23. The Balaban J connectivity index is 0.000000292. The molecule has 0 amide bonds. The van der Waals surface area contributed by atoms with Gasteiger partial charge in [0.1, 0.15) is 0 Å². The Labute approximate surface area is 107 Å². The molecule has 0 bridgehead atoms. The zero-order valence-corrected chi connectivity index (χ0v) is 11.8. The third kappa shape index (κ3) is 7.29. The minimum absolute atomic E-state index is 0.833. The molecular weight excluding hydrogens is 380 g/mol. The summed E-state index contributed by atoms with van der Waals surface area (Å²) in [7, 11) is 0. The van der Waals surface area contributed by atoms with Gasteiger partial charge in [0.25, 0.3) is 0 Å². The Morgan fingerprint density at radius 1 is 1.14 bits per heavy atom. The highest BCUT2D eigenvalue weighted by molar-refractivity contribution is 9.11. The second-order valence-electron chi connectivity index (χ2n) is 2.13. The van der Waals surface area contributed by atoms with Crippen LogP contribution in [0.1, 0.15) is 0 Å². The van der Waals surface area contributed by atoms with Gasteiger partial charge in [-0.1, -0.05) is 54.4 Å². The summed E-state index contributed by atoms with van der Waals surface area (Å²) in [5, 5.41) is 7.60. The molecule has 76 valence electrons. The molecule has 1 aromatic carbocycles. The molecule has 1 N–H and O–H groups in total. The Kier molecular flexibility index (Phi) is 7.13. The number of carboxylic acids is 1. The molecule has 0 aliphatic carbocycles. The van der Waals surface area contributed by atoms with Gasteiger partial charge in [-0.25, -0.2) is 4.79 Å². The van der Waals surface area contributed by atoms with Crippen LogP contribution in [0.25, 0.3) is 0 Å². The molecule has 5 heteroatoms. The minimum atomic E-state index is -0.981. The second kappa shape index (κ2) is 7.20. The van der Waals surface area contributed by atoms with Crippen LogP contribution in [0.3, 0.4) is 0 Å². The number of carboxylic acid groups (broad SMARTS) is 1. The van der Waals surface area contributed by atoms with E-state index in [0.717, 1.165) is 19.5 Å². The van der Waals surface area contributed by atoms with E-state index in [9.17, 15) is 4.79 Å². The molecule has 0 aromatic heterocycles. The molecule has 0 atom stereocenters. The number of hydrogen-bond donors (Lipinski definition) is 1. The first-order valence-electron chi connectivity index (χ1n) is 3.42. The van der Waals surface area contributed by atoms with E-state index in [4.69, 9.17) is 5.11 Å². The Bertz CT molecular complexity index is 286. The average molecular weight is 387 g/mol. The van der Waals surface area contributed by atoms with E-state index in [-0.39, 0.29) is 0 Å². The van der Waals surface area contributed by atoms with Crippen molar-refractivity contribution in [2.45, 2.75) is 0 Å². The van der Waals surface area contributed by atoms with Crippen LogP contribution in [0.4, 0.5) is 0 Å². The molecule has 1 rings (SSSR count). The molecule has 14 heavy (non-hydrogen) atoms. The lowest BCUT2D eigenvalue weighted by atomic mass is 10.4. The molecule has 2 nitrogen and oxygen atoms in total. The predicted molar refractivity (Wildman–Crippen MR) is 67.4 cm³/mol. The fraction of sp³-hybridized carbons (Fsp3) is 0. The molecule has 0 saturated heterocycles. The zero-order chi connectivity index (χ0) is 11.1. The van der Waals surface area contributed by atoms with E-state index in [1.807, 2.05) is 18.2 Å². The van der Waals surface area contributed by atoms with Crippen LogP contribution in [-0.4, -0.2) is 11.1 Å². The molecule has 0 aliphatic heterocycles. The lowest BCUT2D eigenvalue weighted by Gasteiger charge is -1.92. The van der Waals surface area contributed by atoms with Gasteiger partial charge in [-0.05, 0) is 18.2 Å².